The molecule has 0 fully saturated rings. The number of aryl methyl sites for hydroxylation is 3. The van der Waals surface area contributed by atoms with E-state index in [2.05, 4.69) is 15.5 Å². The molecule has 2 aromatic heterocycles. The summed E-state index contributed by atoms with van der Waals surface area (Å²) in [6, 6.07) is 15.4. The Balaban J connectivity index is 1.43. The van der Waals surface area contributed by atoms with Gasteiger partial charge in [-0.2, -0.15) is 10.2 Å². The Morgan fingerprint density at radius 1 is 1.06 bits per heavy atom. The van der Waals surface area contributed by atoms with Gasteiger partial charge in [0.15, 0.2) is 12.4 Å². The molecule has 0 aliphatic carbocycles. The first-order chi connectivity index (χ1) is 15.8. The molecule has 2 heterocycles. The Bertz CT molecular complexity index is 1310. The molecule has 8 heteroatoms. The average molecular weight is 464 g/mol. The van der Waals surface area contributed by atoms with Crippen LogP contribution in [0.4, 0.5) is 5.69 Å². The van der Waals surface area contributed by atoms with Gasteiger partial charge in [-0.3, -0.25) is 9.48 Å². The molecule has 1 amide bonds. The van der Waals surface area contributed by atoms with Crippen LogP contribution < -0.4 is 10.1 Å². The topological polar surface area (TPSA) is 74.0 Å². The van der Waals surface area contributed by atoms with Gasteiger partial charge in [0.2, 0.25) is 0 Å². The largest absolute Gasteiger partial charge is 0.471 e. The molecular weight excluding hydrogens is 438 g/mol. The van der Waals surface area contributed by atoms with Crippen molar-refractivity contribution in [2.45, 2.75) is 41.0 Å². The Labute approximate surface area is 197 Å². The molecule has 0 bridgehead atoms. The zero-order chi connectivity index (χ0) is 23.5. The number of rotatable bonds is 7. The minimum absolute atomic E-state index is 0.215. The number of hydrogen-bond donors (Lipinski definition) is 1. The highest BCUT2D eigenvalue weighted by Gasteiger charge is 2.17. The van der Waals surface area contributed by atoms with E-state index in [4.69, 9.17) is 16.3 Å². The molecule has 0 aliphatic rings. The van der Waals surface area contributed by atoms with Crippen LogP contribution in [0, 0.1) is 27.7 Å². The summed E-state index contributed by atoms with van der Waals surface area (Å²) in [6.45, 7) is 8.59. The molecule has 170 valence electrons. The summed E-state index contributed by atoms with van der Waals surface area (Å²) in [5.74, 6) is 0.504. The van der Waals surface area contributed by atoms with E-state index in [0.717, 1.165) is 33.8 Å². The number of amides is 1. The highest BCUT2D eigenvalue weighted by Crippen LogP contribution is 2.22. The molecule has 0 saturated heterocycles. The molecule has 0 radical (unpaired) electrons. The first-order valence-corrected chi connectivity index (χ1v) is 11.0. The number of ether oxygens (including phenoxy) is 1. The lowest BCUT2D eigenvalue weighted by molar-refractivity contribution is 0.102. The van der Waals surface area contributed by atoms with Gasteiger partial charge in [-0.15, -0.1) is 0 Å². The lowest BCUT2D eigenvalue weighted by Crippen LogP contribution is -2.15. The maximum atomic E-state index is 12.8. The normalized spacial score (nSPS) is 10.9. The molecule has 7 nitrogen and oxygen atoms in total. The van der Waals surface area contributed by atoms with Gasteiger partial charge < -0.3 is 10.1 Å². The van der Waals surface area contributed by atoms with Crippen LogP contribution in [0.2, 0.25) is 5.02 Å². The van der Waals surface area contributed by atoms with Crippen molar-refractivity contribution in [1.82, 2.24) is 19.6 Å². The second kappa shape index (κ2) is 9.50. The monoisotopic (exact) mass is 463 g/mol. The van der Waals surface area contributed by atoms with E-state index in [1.165, 1.54) is 0 Å². The Morgan fingerprint density at radius 2 is 1.88 bits per heavy atom. The number of nitrogens with one attached hydrogen (secondary N) is 1. The van der Waals surface area contributed by atoms with Crippen LogP contribution in [0.25, 0.3) is 0 Å². The number of halogens is 1. The molecule has 0 atom stereocenters. The molecule has 0 aliphatic heterocycles. The lowest BCUT2D eigenvalue weighted by atomic mass is 10.1. The number of benzene rings is 2. The SMILES string of the molecule is Cc1ccc(C)c(OCn2ccc(C(=O)Nc3c(C)nn(Cc4cccc(Cl)c4)c3C)n2)c1. The van der Waals surface area contributed by atoms with E-state index in [0.29, 0.717) is 22.9 Å². The maximum absolute atomic E-state index is 12.8. The third-order valence-corrected chi connectivity index (χ3v) is 5.65. The summed E-state index contributed by atoms with van der Waals surface area (Å²) in [4.78, 5) is 12.8. The van der Waals surface area contributed by atoms with Crippen molar-refractivity contribution in [2.75, 3.05) is 5.32 Å². The Kier molecular flexibility index (Phi) is 6.51. The fraction of sp³-hybridized carbons (Fsp3) is 0.240. The lowest BCUT2D eigenvalue weighted by Gasteiger charge is -2.10. The first-order valence-electron chi connectivity index (χ1n) is 10.6. The van der Waals surface area contributed by atoms with Gasteiger partial charge in [0.1, 0.15) is 5.75 Å². The van der Waals surface area contributed by atoms with Crippen LogP contribution in [-0.4, -0.2) is 25.5 Å². The summed E-state index contributed by atoms with van der Waals surface area (Å²) < 4.78 is 9.32. The van der Waals surface area contributed by atoms with Crippen LogP contribution in [-0.2, 0) is 13.3 Å². The quantitative estimate of drug-likeness (QED) is 0.403. The van der Waals surface area contributed by atoms with Crippen molar-refractivity contribution in [3.8, 4) is 5.75 Å². The van der Waals surface area contributed by atoms with Gasteiger partial charge in [-0.05, 0) is 68.7 Å². The number of carbonyl (C=O) groups excluding carboxylic acids is 1. The van der Waals surface area contributed by atoms with Crippen LogP contribution in [0.15, 0.2) is 54.7 Å². The van der Waals surface area contributed by atoms with Crippen molar-refractivity contribution >= 4 is 23.2 Å². The van der Waals surface area contributed by atoms with Crippen molar-refractivity contribution in [3.63, 3.8) is 0 Å². The molecule has 4 aromatic rings. The van der Waals surface area contributed by atoms with Crippen LogP contribution in [0.1, 0.15) is 38.6 Å². The standard InChI is InChI=1S/C25H26ClN5O2/c1-16-8-9-17(2)23(12-16)33-15-30-11-10-22(29-30)25(32)27-24-18(3)28-31(19(24)4)14-20-6-5-7-21(26)13-20/h5-13H,14-15H2,1-4H3,(H,27,32). The highest BCUT2D eigenvalue weighted by atomic mass is 35.5. The van der Waals surface area contributed by atoms with E-state index in [1.807, 2.05) is 74.8 Å². The molecule has 0 saturated carbocycles. The van der Waals surface area contributed by atoms with Crippen molar-refractivity contribution in [2.24, 2.45) is 0 Å². The Morgan fingerprint density at radius 3 is 2.67 bits per heavy atom. The number of anilines is 1. The Hall–Kier alpha value is -3.58. The van der Waals surface area contributed by atoms with E-state index < -0.39 is 0 Å². The van der Waals surface area contributed by atoms with Crippen LogP contribution >= 0.6 is 11.6 Å². The number of hydrogen-bond acceptors (Lipinski definition) is 4. The molecule has 2 aromatic carbocycles. The predicted molar refractivity (Wildman–Crippen MR) is 129 cm³/mol. The van der Waals surface area contributed by atoms with Crippen LogP contribution in [0.5, 0.6) is 5.75 Å². The second-order valence-electron chi connectivity index (χ2n) is 8.07. The second-order valence-corrected chi connectivity index (χ2v) is 8.51. The fourth-order valence-corrected chi connectivity index (χ4v) is 3.78. The van der Waals surface area contributed by atoms with E-state index in [1.54, 1.807) is 16.9 Å². The van der Waals surface area contributed by atoms with Crippen molar-refractivity contribution in [3.05, 3.63) is 93.5 Å². The zero-order valence-corrected chi connectivity index (χ0v) is 19.8. The summed E-state index contributed by atoms with van der Waals surface area (Å²) >= 11 is 6.09. The molecule has 1 N–H and O–H groups in total. The van der Waals surface area contributed by atoms with Gasteiger partial charge in [0, 0.05) is 11.2 Å². The summed E-state index contributed by atoms with van der Waals surface area (Å²) in [6.07, 6.45) is 1.72. The smallest absolute Gasteiger partial charge is 0.276 e. The summed E-state index contributed by atoms with van der Waals surface area (Å²) in [7, 11) is 0. The first kappa shape index (κ1) is 22.6. The fourth-order valence-electron chi connectivity index (χ4n) is 3.57. The minimum atomic E-state index is -0.297. The number of aromatic nitrogens is 4. The molecular formula is C25H26ClN5O2. The third-order valence-electron chi connectivity index (χ3n) is 5.41. The van der Waals surface area contributed by atoms with E-state index >= 15 is 0 Å². The van der Waals surface area contributed by atoms with Gasteiger partial charge >= 0.3 is 0 Å². The minimum Gasteiger partial charge on any atom is -0.471 e. The number of nitrogens with zero attached hydrogens (tertiary/aromatic N) is 4. The maximum Gasteiger partial charge on any atom is 0.276 e. The molecule has 0 spiro atoms. The molecule has 4 rings (SSSR count). The van der Waals surface area contributed by atoms with E-state index in [9.17, 15) is 4.79 Å². The zero-order valence-electron chi connectivity index (χ0n) is 19.1. The van der Waals surface area contributed by atoms with Crippen molar-refractivity contribution in [1.29, 1.82) is 0 Å². The van der Waals surface area contributed by atoms with Crippen LogP contribution in [0.3, 0.4) is 0 Å². The third kappa shape index (κ3) is 5.26. The van der Waals surface area contributed by atoms with E-state index in [-0.39, 0.29) is 12.6 Å². The summed E-state index contributed by atoms with van der Waals surface area (Å²) in [5.41, 5.74) is 5.79. The van der Waals surface area contributed by atoms with Gasteiger partial charge in [-0.1, -0.05) is 35.9 Å². The van der Waals surface area contributed by atoms with Gasteiger partial charge in [0.05, 0.1) is 23.6 Å². The average Bonchev–Trinajstić information content (AvgIpc) is 3.35. The molecule has 0 unspecified atom stereocenters. The van der Waals surface area contributed by atoms with Gasteiger partial charge in [-0.25, -0.2) is 4.68 Å². The number of carbonyl (C=O) groups is 1. The summed E-state index contributed by atoms with van der Waals surface area (Å²) in [5, 5.41) is 12.6. The van der Waals surface area contributed by atoms with Crippen molar-refractivity contribution < 1.29 is 9.53 Å². The predicted octanol–water partition coefficient (Wildman–Crippen LogP) is 5.30. The van der Waals surface area contributed by atoms with Gasteiger partial charge in [0.25, 0.3) is 5.91 Å². The highest BCUT2D eigenvalue weighted by molar-refractivity contribution is 6.30. The molecule has 33 heavy (non-hydrogen) atoms.